The SMILES string of the molecule is COc1ccc(CC(=O)N2CCC[C@H](c3nc(C)cc(-c4cccs4)n3)C2)cc1OC. The summed E-state index contributed by atoms with van der Waals surface area (Å²) < 4.78 is 10.7. The van der Waals surface area contributed by atoms with E-state index in [1.165, 1.54) is 0 Å². The fourth-order valence-electron chi connectivity index (χ4n) is 4.02. The number of hydrogen-bond donors (Lipinski definition) is 0. The largest absolute Gasteiger partial charge is 0.493 e. The molecule has 0 saturated carbocycles. The van der Waals surface area contributed by atoms with Crippen LogP contribution in [0, 0.1) is 6.92 Å². The second-order valence-corrected chi connectivity index (χ2v) is 8.72. The summed E-state index contributed by atoms with van der Waals surface area (Å²) in [6.07, 6.45) is 2.28. The van der Waals surface area contributed by atoms with Crippen LogP contribution in [0.2, 0.25) is 0 Å². The Kier molecular flexibility index (Phi) is 6.51. The van der Waals surface area contributed by atoms with Gasteiger partial charge in [0.05, 0.1) is 31.2 Å². The van der Waals surface area contributed by atoms with Crippen molar-refractivity contribution in [2.75, 3.05) is 27.3 Å². The lowest BCUT2D eigenvalue weighted by molar-refractivity contribution is -0.131. The van der Waals surface area contributed by atoms with E-state index in [2.05, 4.69) is 11.4 Å². The van der Waals surface area contributed by atoms with Crippen LogP contribution in [0.25, 0.3) is 10.6 Å². The molecule has 2 aromatic heterocycles. The molecule has 0 bridgehead atoms. The molecule has 1 amide bonds. The summed E-state index contributed by atoms with van der Waals surface area (Å²) >= 11 is 1.68. The summed E-state index contributed by atoms with van der Waals surface area (Å²) in [6.45, 7) is 3.43. The maximum absolute atomic E-state index is 13.0. The molecule has 4 rings (SSSR count). The van der Waals surface area contributed by atoms with Crippen molar-refractivity contribution in [1.82, 2.24) is 14.9 Å². The van der Waals surface area contributed by atoms with Crippen LogP contribution in [-0.4, -0.2) is 48.1 Å². The van der Waals surface area contributed by atoms with E-state index >= 15 is 0 Å². The molecule has 1 saturated heterocycles. The molecule has 162 valence electrons. The monoisotopic (exact) mass is 437 g/mol. The van der Waals surface area contributed by atoms with E-state index in [1.54, 1.807) is 25.6 Å². The van der Waals surface area contributed by atoms with Gasteiger partial charge in [-0.05, 0) is 55.0 Å². The number of aryl methyl sites for hydroxylation is 1. The average molecular weight is 438 g/mol. The van der Waals surface area contributed by atoms with Crippen LogP contribution >= 0.6 is 11.3 Å². The van der Waals surface area contributed by atoms with Crippen LogP contribution in [0.5, 0.6) is 11.5 Å². The minimum absolute atomic E-state index is 0.114. The second kappa shape index (κ2) is 9.47. The number of aromatic nitrogens is 2. The Hall–Kier alpha value is -2.93. The fraction of sp³-hybridized carbons (Fsp3) is 0.375. The van der Waals surface area contributed by atoms with Gasteiger partial charge in [0.2, 0.25) is 5.91 Å². The van der Waals surface area contributed by atoms with Crippen molar-refractivity contribution in [2.24, 2.45) is 0 Å². The Morgan fingerprint density at radius 1 is 1.16 bits per heavy atom. The number of carbonyl (C=O) groups excluding carboxylic acids is 1. The van der Waals surface area contributed by atoms with E-state index in [-0.39, 0.29) is 11.8 Å². The molecule has 1 atom stereocenters. The summed E-state index contributed by atoms with van der Waals surface area (Å²) in [6, 6.07) is 11.8. The van der Waals surface area contributed by atoms with Crippen LogP contribution in [0.3, 0.4) is 0 Å². The lowest BCUT2D eigenvalue weighted by Gasteiger charge is -2.32. The van der Waals surface area contributed by atoms with Gasteiger partial charge in [0.1, 0.15) is 5.82 Å². The summed E-state index contributed by atoms with van der Waals surface area (Å²) in [5.41, 5.74) is 2.84. The van der Waals surface area contributed by atoms with Gasteiger partial charge in [-0.3, -0.25) is 4.79 Å². The number of piperidine rings is 1. The first-order valence-corrected chi connectivity index (χ1v) is 11.3. The van der Waals surface area contributed by atoms with E-state index in [1.807, 2.05) is 42.2 Å². The number of likely N-dealkylation sites (tertiary alicyclic amines) is 1. The second-order valence-electron chi connectivity index (χ2n) is 7.78. The molecule has 1 aliphatic rings. The molecule has 1 aliphatic heterocycles. The number of hydrogen-bond acceptors (Lipinski definition) is 6. The van der Waals surface area contributed by atoms with Crippen molar-refractivity contribution >= 4 is 17.2 Å². The van der Waals surface area contributed by atoms with Gasteiger partial charge in [0.25, 0.3) is 0 Å². The number of nitrogens with zero attached hydrogens (tertiary/aromatic N) is 3. The van der Waals surface area contributed by atoms with Crippen LogP contribution in [0.4, 0.5) is 0 Å². The molecule has 1 aromatic carbocycles. The number of ether oxygens (including phenoxy) is 2. The number of benzene rings is 1. The quantitative estimate of drug-likeness (QED) is 0.569. The number of rotatable bonds is 6. The van der Waals surface area contributed by atoms with Crippen LogP contribution < -0.4 is 9.47 Å². The van der Waals surface area contributed by atoms with Crippen LogP contribution in [-0.2, 0) is 11.2 Å². The van der Waals surface area contributed by atoms with E-state index < -0.39 is 0 Å². The normalized spacial score (nSPS) is 16.2. The maximum atomic E-state index is 13.0. The van der Waals surface area contributed by atoms with Gasteiger partial charge in [0, 0.05) is 24.7 Å². The third-order valence-electron chi connectivity index (χ3n) is 5.59. The smallest absolute Gasteiger partial charge is 0.227 e. The Labute approximate surface area is 186 Å². The molecule has 0 unspecified atom stereocenters. The molecule has 0 N–H and O–H groups in total. The zero-order valence-corrected chi connectivity index (χ0v) is 18.9. The van der Waals surface area contributed by atoms with Gasteiger partial charge in [-0.25, -0.2) is 9.97 Å². The molecular formula is C24H27N3O3S. The Bertz CT molecular complexity index is 1050. The van der Waals surface area contributed by atoms with Crippen molar-refractivity contribution in [3.63, 3.8) is 0 Å². The molecule has 3 heterocycles. The van der Waals surface area contributed by atoms with Gasteiger partial charge in [-0.2, -0.15) is 0 Å². The fourth-order valence-corrected chi connectivity index (χ4v) is 4.70. The van der Waals surface area contributed by atoms with E-state index in [0.29, 0.717) is 24.5 Å². The first kappa shape index (κ1) is 21.3. The zero-order chi connectivity index (χ0) is 21.8. The predicted octanol–water partition coefficient (Wildman–Crippen LogP) is 4.48. The van der Waals surface area contributed by atoms with Crippen LogP contribution in [0.1, 0.15) is 35.8 Å². The highest BCUT2D eigenvalue weighted by Crippen LogP contribution is 2.30. The van der Waals surface area contributed by atoms with Gasteiger partial charge in [-0.1, -0.05) is 12.1 Å². The first-order valence-electron chi connectivity index (χ1n) is 10.5. The first-order chi connectivity index (χ1) is 15.1. The van der Waals surface area contributed by atoms with Crippen molar-refractivity contribution < 1.29 is 14.3 Å². The highest BCUT2D eigenvalue weighted by atomic mass is 32.1. The molecule has 0 aliphatic carbocycles. The van der Waals surface area contributed by atoms with Gasteiger partial charge >= 0.3 is 0 Å². The number of methoxy groups -OCH3 is 2. The summed E-state index contributed by atoms with van der Waals surface area (Å²) in [7, 11) is 3.21. The third kappa shape index (κ3) is 4.88. The van der Waals surface area contributed by atoms with E-state index in [0.717, 1.165) is 47.0 Å². The lowest BCUT2D eigenvalue weighted by Crippen LogP contribution is -2.40. The van der Waals surface area contributed by atoms with E-state index in [9.17, 15) is 4.79 Å². The lowest BCUT2D eigenvalue weighted by atomic mass is 9.96. The summed E-state index contributed by atoms with van der Waals surface area (Å²) in [5.74, 6) is 2.41. The molecular weight excluding hydrogens is 410 g/mol. The topological polar surface area (TPSA) is 64.5 Å². The molecule has 0 radical (unpaired) electrons. The average Bonchev–Trinajstić information content (AvgIpc) is 3.34. The zero-order valence-electron chi connectivity index (χ0n) is 18.1. The molecule has 3 aromatic rings. The Morgan fingerprint density at radius 2 is 2.00 bits per heavy atom. The summed E-state index contributed by atoms with van der Waals surface area (Å²) in [4.78, 5) is 25.7. The third-order valence-corrected chi connectivity index (χ3v) is 6.48. The minimum Gasteiger partial charge on any atom is -0.493 e. The number of amides is 1. The summed E-state index contributed by atoms with van der Waals surface area (Å²) in [5, 5.41) is 2.06. The number of carbonyl (C=O) groups is 1. The Balaban J connectivity index is 1.48. The Morgan fingerprint density at radius 3 is 2.74 bits per heavy atom. The molecule has 0 spiro atoms. The van der Waals surface area contributed by atoms with Gasteiger partial charge < -0.3 is 14.4 Å². The van der Waals surface area contributed by atoms with Gasteiger partial charge in [-0.15, -0.1) is 11.3 Å². The van der Waals surface area contributed by atoms with Crippen LogP contribution in [0.15, 0.2) is 41.8 Å². The van der Waals surface area contributed by atoms with Crippen molar-refractivity contribution in [3.8, 4) is 22.1 Å². The van der Waals surface area contributed by atoms with Crippen molar-refractivity contribution in [2.45, 2.75) is 32.1 Å². The maximum Gasteiger partial charge on any atom is 0.227 e. The highest BCUT2D eigenvalue weighted by Gasteiger charge is 2.27. The predicted molar refractivity (Wildman–Crippen MR) is 122 cm³/mol. The highest BCUT2D eigenvalue weighted by molar-refractivity contribution is 7.13. The standard InChI is InChI=1S/C24H27N3O3S/c1-16-12-19(22-7-5-11-31-22)26-24(25-16)18-6-4-10-27(15-18)23(28)14-17-8-9-20(29-2)21(13-17)30-3/h5,7-9,11-13,18H,4,6,10,14-15H2,1-3H3/t18-/m0/s1. The minimum atomic E-state index is 0.114. The molecule has 1 fully saturated rings. The molecule has 6 nitrogen and oxygen atoms in total. The van der Waals surface area contributed by atoms with E-state index in [4.69, 9.17) is 19.4 Å². The molecule has 7 heteroatoms. The van der Waals surface area contributed by atoms with Crippen molar-refractivity contribution in [3.05, 3.63) is 58.9 Å². The number of thiophene rings is 1. The molecule has 31 heavy (non-hydrogen) atoms. The van der Waals surface area contributed by atoms with Gasteiger partial charge in [0.15, 0.2) is 11.5 Å². The van der Waals surface area contributed by atoms with Crippen molar-refractivity contribution in [1.29, 1.82) is 0 Å².